The molecule has 0 aliphatic heterocycles. The Bertz CT molecular complexity index is 282. The van der Waals surface area contributed by atoms with Gasteiger partial charge in [0.2, 0.25) is 5.91 Å². The van der Waals surface area contributed by atoms with E-state index in [9.17, 15) is 4.79 Å². The molecule has 0 atom stereocenters. The highest BCUT2D eigenvalue weighted by Crippen LogP contribution is 2.18. The van der Waals surface area contributed by atoms with Crippen LogP contribution in [0.2, 0.25) is 10.0 Å². The molecular formula is C7H7Cl4NO. The highest BCUT2D eigenvalue weighted by Gasteiger charge is 2.02. The lowest BCUT2D eigenvalue weighted by Crippen LogP contribution is -2.10. The summed E-state index contributed by atoms with van der Waals surface area (Å²) < 4.78 is 0. The van der Waals surface area contributed by atoms with Crippen molar-refractivity contribution in [3.8, 4) is 0 Å². The van der Waals surface area contributed by atoms with Gasteiger partial charge in [-0.2, -0.15) is 0 Å². The fourth-order valence-electron chi connectivity index (χ4n) is 0.696. The Morgan fingerprint density at radius 1 is 1.08 bits per heavy atom. The molecule has 0 bridgehead atoms. The van der Waals surface area contributed by atoms with Gasteiger partial charge >= 0.3 is 0 Å². The molecular weight excluding hydrogens is 256 g/mol. The van der Waals surface area contributed by atoms with E-state index >= 15 is 0 Å². The minimum Gasteiger partial charge on any atom is -0.366 e. The summed E-state index contributed by atoms with van der Waals surface area (Å²) >= 11 is 11.2. The Labute approximate surface area is 98.2 Å². The molecule has 0 saturated heterocycles. The molecule has 1 rings (SSSR count). The highest BCUT2D eigenvalue weighted by atomic mass is 35.5. The first kappa shape index (κ1) is 15.3. The first-order valence-electron chi connectivity index (χ1n) is 2.85. The topological polar surface area (TPSA) is 43.1 Å². The first-order valence-corrected chi connectivity index (χ1v) is 3.61. The number of benzene rings is 1. The van der Waals surface area contributed by atoms with E-state index in [2.05, 4.69) is 0 Å². The smallest absolute Gasteiger partial charge is 0.248 e. The number of hydrogen-bond donors (Lipinski definition) is 1. The summed E-state index contributed by atoms with van der Waals surface area (Å²) in [5, 5.41) is 0.817. The van der Waals surface area contributed by atoms with Crippen molar-refractivity contribution in [3.05, 3.63) is 33.8 Å². The van der Waals surface area contributed by atoms with Crippen LogP contribution in [-0.2, 0) is 0 Å². The predicted molar refractivity (Wildman–Crippen MR) is 59.5 cm³/mol. The van der Waals surface area contributed by atoms with Gasteiger partial charge in [-0.1, -0.05) is 23.2 Å². The van der Waals surface area contributed by atoms with Gasteiger partial charge in [0.1, 0.15) is 0 Å². The van der Waals surface area contributed by atoms with Crippen molar-refractivity contribution in [1.29, 1.82) is 0 Å². The van der Waals surface area contributed by atoms with Crippen molar-refractivity contribution in [2.75, 3.05) is 0 Å². The maximum absolute atomic E-state index is 10.6. The zero-order valence-electron chi connectivity index (χ0n) is 6.29. The van der Waals surface area contributed by atoms with E-state index in [0.717, 1.165) is 0 Å². The summed E-state index contributed by atoms with van der Waals surface area (Å²) in [6.45, 7) is 0. The molecule has 0 unspecified atom stereocenters. The Morgan fingerprint density at radius 3 is 1.77 bits per heavy atom. The zero-order chi connectivity index (χ0) is 8.43. The fraction of sp³-hybridized carbons (Fsp3) is 0. The van der Waals surface area contributed by atoms with Crippen LogP contribution in [0.4, 0.5) is 0 Å². The summed E-state index contributed by atoms with van der Waals surface area (Å²) in [7, 11) is 0. The second kappa shape index (κ2) is 6.33. The Kier molecular flexibility index (Phi) is 7.46. The molecule has 2 nitrogen and oxygen atoms in total. The molecule has 74 valence electrons. The summed E-state index contributed by atoms with van der Waals surface area (Å²) in [5.74, 6) is -0.533. The molecule has 0 radical (unpaired) electrons. The minimum atomic E-state index is -0.533. The Hall–Kier alpha value is -0.150. The van der Waals surface area contributed by atoms with E-state index in [0.29, 0.717) is 15.6 Å². The number of primary amides is 1. The lowest BCUT2D eigenvalue weighted by Gasteiger charge is -1.96. The van der Waals surface area contributed by atoms with E-state index in [4.69, 9.17) is 28.9 Å². The van der Waals surface area contributed by atoms with Crippen LogP contribution in [0.25, 0.3) is 0 Å². The van der Waals surface area contributed by atoms with Gasteiger partial charge in [0.25, 0.3) is 0 Å². The molecule has 0 aliphatic carbocycles. The number of rotatable bonds is 1. The molecule has 1 aromatic carbocycles. The molecule has 0 spiro atoms. The third-order valence-electron chi connectivity index (χ3n) is 1.15. The molecule has 0 aliphatic rings. The molecule has 1 amide bonds. The van der Waals surface area contributed by atoms with E-state index in [1.807, 2.05) is 0 Å². The molecule has 0 aromatic heterocycles. The van der Waals surface area contributed by atoms with Crippen molar-refractivity contribution in [2.24, 2.45) is 5.73 Å². The van der Waals surface area contributed by atoms with E-state index in [1.54, 1.807) is 0 Å². The van der Waals surface area contributed by atoms with Crippen molar-refractivity contribution >= 4 is 53.9 Å². The minimum absolute atomic E-state index is 0. The van der Waals surface area contributed by atoms with Crippen LogP contribution >= 0.6 is 48.0 Å². The van der Waals surface area contributed by atoms with Crippen LogP contribution in [-0.4, -0.2) is 5.91 Å². The average molecular weight is 263 g/mol. The van der Waals surface area contributed by atoms with Gasteiger partial charge in [0.15, 0.2) is 0 Å². The highest BCUT2D eigenvalue weighted by molar-refractivity contribution is 6.35. The molecule has 1 aromatic rings. The zero-order valence-corrected chi connectivity index (χ0v) is 9.43. The third-order valence-corrected chi connectivity index (χ3v) is 1.58. The fourth-order valence-corrected chi connectivity index (χ4v) is 1.22. The molecule has 0 heterocycles. The summed E-state index contributed by atoms with van der Waals surface area (Å²) in [5.41, 5.74) is 5.32. The van der Waals surface area contributed by atoms with Crippen LogP contribution in [0.15, 0.2) is 18.2 Å². The van der Waals surface area contributed by atoms with E-state index < -0.39 is 5.91 Å². The summed E-state index contributed by atoms with van der Waals surface area (Å²) in [4.78, 5) is 10.6. The average Bonchev–Trinajstić information content (AvgIpc) is 1.85. The van der Waals surface area contributed by atoms with Crippen LogP contribution in [0.3, 0.4) is 0 Å². The summed E-state index contributed by atoms with van der Waals surface area (Å²) in [6.07, 6.45) is 0. The lowest BCUT2D eigenvalue weighted by molar-refractivity contribution is 0.100. The monoisotopic (exact) mass is 261 g/mol. The van der Waals surface area contributed by atoms with Gasteiger partial charge in [-0.15, -0.1) is 24.8 Å². The van der Waals surface area contributed by atoms with E-state index in [-0.39, 0.29) is 24.8 Å². The second-order valence-corrected chi connectivity index (χ2v) is 2.90. The van der Waals surface area contributed by atoms with Crippen molar-refractivity contribution < 1.29 is 4.79 Å². The first-order chi connectivity index (χ1) is 5.09. The SMILES string of the molecule is Cl.Cl.NC(=O)c1cc(Cl)cc(Cl)c1. The Morgan fingerprint density at radius 2 is 1.46 bits per heavy atom. The third kappa shape index (κ3) is 4.58. The second-order valence-electron chi connectivity index (χ2n) is 2.02. The number of amides is 1. The van der Waals surface area contributed by atoms with Crippen molar-refractivity contribution in [2.45, 2.75) is 0 Å². The van der Waals surface area contributed by atoms with Gasteiger partial charge < -0.3 is 5.73 Å². The number of carbonyl (C=O) groups excluding carboxylic acids is 1. The number of halogens is 4. The van der Waals surface area contributed by atoms with Gasteiger partial charge in [0.05, 0.1) is 0 Å². The molecule has 2 N–H and O–H groups in total. The quantitative estimate of drug-likeness (QED) is 0.831. The van der Waals surface area contributed by atoms with E-state index in [1.165, 1.54) is 18.2 Å². The van der Waals surface area contributed by atoms with Gasteiger partial charge in [0, 0.05) is 15.6 Å². The largest absolute Gasteiger partial charge is 0.366 e. The Balaban J connectivity index is 0. The van der Waals surface area contributed by atoms with Crippen molar-refractivity contribution in [1.82, 2.24) is 0 Å². The maximum Gasteiger partial charge on any atom is 0.248 e. The summed E-state index contributed by atoms with van der Waals surface area (Å²) in [6, 6.07) is 4.47. The van der Waals surface area contributed by atoms with Crippen LogP contribution in [0.1, 0.15) is 10.4 Å². The molecule has 6 heteroatoms. The standard InChI is InChI=1S/C7H5Cl2NO.2ClH/c8-5-1-4(7(10)11)2-6(9)3-5;;/h1-3H,(H2,10,11);2*1H. The normalized spacial score (nSPS) is 8.15. The molecule has 0 fully saturated rings. The lowest BCUT2D eigenvalue weighted by atomic mass is 10.2. The number of carbonyl (C=O) groups is 1. The van der Waals surface area contributed by atoms with Crippen molar-refractivity contribution in [3.63, 3.8) is 0 Å². The molecule has 13 heavy (non-hydrogen) atoms. The number of nitrogens with two attached hydrogens (primary N) is 1. The maximum atomic E-state index is 10.6. The van der Waals surface area contributed by atoms with Crippen LogP contribution < -0.4 is 5.73 Å². The number of hydrogen-bond acceptors (Lipinski definition) is 1. The predicted octanol–water partition coefficient (Wildman–Crippen LogP) is 2.94. The van der Waals surface area contributed by atoms with Gasteiger partial charge in [-0.05, 0) is 18.2 Å². The van der Waals surface area contributed by atoms with Crippen LogP contribution in [0.5, 0.6) is 0 Å². The van der Waals surface area contributed by atoms with Gasteiger partial charge in [-0.25, -0.2) is 0 Å². The molecule has 0 saturated carbocycles. The van der Waals surface area contributed by atoms with Crippen LogP contribution in [0, 0.1) is 0 Å². The van der Waals surface area contributed by atoms with Gasteiger partial charge in [-0.3, -0.25) is 4.79 Å².